The molecule has 0 amide bonds. The summed E-state index contributed by atoms with van der Waals surface area (Å²) in [6, 6.07) is 8.34. The van der Waals surface area contributed by atoms with Crippen molar-refractivity contribution in [1.82, 2.24) is 5.32 Å². The van der Waals surface area contributed by atoms with Gasteiger partial charge in [-0.3, -0.25) is 0 Å². The lowest BCUT2D eigenvalue weighted by Gasteiger charge is -2.14. The molecule has 0 aliphatic carbocycles. The Morgan fingerprint density at radius 2 is 1.82 bits per heavy atom. The predicted octanol–water partition coefficient (Wildman–Crippen LogP) is 3.85. The number of aromatic hydroxyl groups is 1. The molecular weight excluding hydrogens is 274 g/mol. The summed E-state index contributed by atoms with van der Waals surface area (Å²) in [5.74, 6) is 1.37. The lowest BCUT2D eigenvalue weighted by atomic mass is 10.0. The first kappa shape index (κ1) is 14.9. The largest absolute Gasteiger partial charge is 0.508 e. The van der Waals surface area contributed by atoms with E-state index < -0.39 is 0 Å². The summed E-state index contributed by atoms with van der Waals surface area (Å²) >= 11 is 0. The van der Waals surface area contributed by atoms with Crippen LogP contribution in [0.4, 0.5) is 0 Å². The quantitative estimate of drug-likeness (QED) is 0.904. The van der Waals surface area contributed by atoms with Crippen LogP contribution in [0.1, 0.15) is 39.4 Å². The zero-order valence-corrected chi connectivity index (χ0v) is 13.7. The Hall–Kier alpha value is -2.00. The van der Waals surface area contributed by atoms with Gasteiger partial charge in [0, 0.05) is 17.7 Å². The number of phenolic OH excluding ortho intramolecular Hbond substituents is 1. The topological polar surface area (TPSA) is 41.5 Å². The van der Waals surface area contributed by atoms with E-state index >= 15 is 0 Å². The van der Waals surface area contributed by atoms with Crippen LogP contribution in [0, 0.1) is 27.7 Å². The predicted molar refractivity (Wildman–Crippen MR) is 88.6 cm³/mol. The molecule has 0 unspecified atom stereocenters. The number of hydrogen-bond donors (Lipinski definition) is 2. The third kappa shape index (κ3) is 2.57. The lowest BCUT2D eigenvalue weighted by Crippen LogP contribution is -2.22. The SMILES string of the molecule is Cc1cc(O)c(CN[C@H]2COc3c2ccc(C)c3C)cc1C. The highest BCUT2D eigenvalue weighted by molar-refractivity contribution is 5.49. The minimum Gasteiger partial charge on any atom is -0.508 e. The Bertz CT molecular complexity index is 722. The molecular formula is C19H23NO2. The van der Waals surface area contributed by atoms with Crippen LogP contribution in [0.3, 0.4) is 0 Å². The van der Waals surface area contributed by atoms with Crippen LogP contribution in [0.15, 0.2) is 24.3 Å². The Morgan fingerprint density at radius 3 is 2.59 bits per heavy atom. The molecule has 0 radical (unpaired) electrons. The van der Waals surface area contributed by atoms with Crippen molar-refractivity contribution in [1.29, 1.82) is 0 Å². The van der Waals surface area contributed by atoms with E-state index in [4.69, 9.17) is 4.74 Å². The third-order valence-electron chi connectivity index (χ3n) is 4.71. The highest BCUT2D eigenvalue weighted by Gasteiger charge is 2.25. The number of rotatable bonds is 3. The zero-order chi connectivity index (χ0) is 15.9. The van der Waals surface area contributed by atoms with E-state index in [0.29, 0.717) is 18.9 Å². The molecule has 3 nitrogen and oxygen atoms in total. The molecule has 0 saturated heterocycles. The minimum absolute atomic E-state index is 0.176. The van der Waals surface area contributed by atoms with Crippen LogP contribution in [-0.4, -0.2) is 11.7 Å². The Morgan fingerprint density at radius 1 is 1.09 bits per heavy atom. The summed E-state index contributed by atoms with van der Waals surface area (Å²) < 4.78 is 5.86. The molecule has 0 fully saturated rings. The summed E-state index contributed by atoms with van der Waals surface area (Å²) in [6.07, 6.45) is 0. The normalized spacial score (nSPS) is 16.5. The second-order valence-electron chi connectivity index (χ2n) is 6.24. The second-order valence-corrected chi connectivity index (χ2v) is 6.24. The molecule has 2 aromatic rings. The van der Waals surface area contributed by atoms with Gasteiger partial charge in [0.2, 0.25) is 0 Å². The monoisotopic (exact) mass is 297 g/mol. The Labute approximate surface area is 131 Å². The molecule has 116 valence electrons. The molecule has 2 aromatic carbocycles. The van der Waals surface area contributed by atoms with E-state index in [2.05, 4.69) is 44.3 Å². The maximum absolute atomic E-state index is 10.1. The van der Waals surface area contributed by atoms with Gasteiger partial charge < -0.3 is 15.2 Å². The van der Waals surface area contributed by atoms with E-state index in [-0.39, 0.29) is 6.04 Å². The fourth-order valence-corrected chi connectivity index (χ4v) is 2.94. The zero-order valence-electron chi connectivity index (χ0n) is 13.7. The van der Waals surface area contributed by atoms with E-state index in [9.17, 15) is 5.11 Å². The number of fused-ring (bicyclic) bond motifs is 1. The van der Waals surface area contributed by atoms with Gasteiger partial charge in [0.25, 0.3) is 0 Å². The van der Waals surface area contributed by atoms with Crippen molar-refractivity contribution >= 4 is 0 Å². The van der Waals surface area contributed by atoms with Crippen molar-refractivity contribution in [3.63, 3.8) is 0 Å². The fourth-order valence-electron chi connectivity index (χ4n) is 2.94. The first-order valence-corrected chi connectivity index (χ1v) is 7.72. The van der Waals surface area contributed by atoms with E-state index in [1.165, 1.54) is 22.3 Å². The van der Waals surface area contributed by atoms with Crippen molar-refractivity contribution in [2.24, 2.45) is 0 Å². The highest BCUT2D eigenvalue weighted by atomic mass is 16.5. The van der Waals surface area contributed by atoms with Gasteiger partial charge in [0.05, 0.1) is 6.04 Å². The van der Waals surface area contributed by atoms with Crippen LogP contribution in [0.2, 0.25) is 0 Å². The van der Waals surface area contributed by atoms with Crippen molar-refractivity contribution in [2.75, 3.05) is 6.61 Å². The summed E-state index contributed by atoms with van der Waals surface area (Å²) in [4.78, 5) is 0. The lowest BCUT2D eigenvalue weighted by molar-refractivity contribution is 0.308. The Kier molecular flexibility index (Phi) is 3.83. The molecule has 1 atom stereocenters. The molecule has 0 aromatic heterocycles. The Balaban J connectivity index is 1.78. The molecule has 22 heavy (non-hydrogen) atoms. The number of nitrogens with one attached hydrogen (secondary N) is 1. The van der Waals surface area contributed by atoms with E-state index in [0.717, 1.165) is 16.9 Å². The number of aryl methyl sites for hydroxylation is 3. The van der Waals surface area contributed by atoms with Gasteiger partial charge in [0.15, 0.2) is 0 Å². The molecule has 0 spiro atoms. The van der Waals surface area contributed by atoms with Crippen molar-refractivity contribution < 1.29 is 9.84 Å². The first-order valence-electron chi connectivity index (χ1n) is 7.72. The summed E-state index contributed by atoms with van der Waals surface area (Å²) in [5, 5.41) is 13.6. The minimum atomic E-state index is 0.176. The maximum atomic E-state index is 10.1. The molecule has 1 aliphatic rings. The van der Waals surface area contributed by atoms with Gasteiger partial charge in [-0.15, -0.1) is 0 Å². The summed E-state index contributed by atoms with van der Waals surface area (Å²) in [7, 11) is 0. The average molecular weight is 297 g/mol. The van der Waals surface area contributed by atoms with Gasteiger partial charge in [-0.2, -0.15) is 0 Å². The van der Waals surface area contributed by atoms with Gasteiger partial charge in [-0.1, -0.05) is 18.2 Å². The van der Waals surface area contributed by atoms with Gasteiger partial charge >= 0.3 is 0 Å². The van der Waals surface area contributed by atoms with Crippen molar-refractivity contribution in [3.05, 3.63) is 57.6 Å². The van der Waals surface area contributed by atoms with Crippen LogP contribution in [0.25, 0.3) is 0 Å². The standard InChI is InChI=1S/C19H23NO2/c1-11-5-6-16-17(10-22-19(16)14(11)4)20-9-15-7-12(2)13(3)8-18(15)21/h5-8,17,20-21H,9-10H2,1-4H3/t17-/m0/s1. The van der Waals surface area contributed by atoms with Gasteiger partial charge in [-0.05, 0) is 56.0 Å². The molecule has 3 rings (SSSR count). The van der Waals surface area contributed by atoms with E-state index in [1.807, 2.05) is 13.0 Å². The van der Waals surface area contributed by atoms with Crippen LogP contribution < -0.4 is 10.1 Å². The highest BCUT2D eigenvalue weighted by Crippen LogP contribution is 2.37. The molecule has 2 N–H and O–H groups in total. The number of phenols is 1. The van der Waals surface area contributed by atoms with Crippen LogP contribution in [-0.2, 0) is 6.54 Å². The number of benzene rings is 2. The van der Waals surface area contributed by atoms with Crippen LogP contribution in [0.5, 0.6) is 11.5 Å². The van der Waals surface area contributed by atoms with E-state index in [1.54, 1.807) is 0 Å². The van der Waals surface area contributed by atoms with Gasteiger partial charge in [-0.25, -0.2) is 0 Å². The first-order chi connectivity index (χ1) is 10.5. The number of ether oxygens (including phenoxy) is 1. The molecule has 3 heteroatoms. The van der Waals surface area contributed by atoms with Crippen molar-refractivity contribution in [3.8, 4) is 11.5 Å². The fraction of sp³-hybridized carbons (Fsp3) is 0.368. The maximum Gasteiger partial charge on any atom is 0.127 e. The van der Waals surface area contributed by atoms with Crippen LogP contribution >= 0.6 is 0 Å². The summed E-state index contributed by atoms with van der Waals surface area (Å²) in [5.41, 5.74) is 6.93. The summed E-state index contributed by atoms with van der Waals surface area (Å²) in [6.45, 7) is 9.56. The molecule has 0 saturated carbocycles. The molecule has 1 aliphatic heterocycles. The molecule has 1 heterocycles. The smallest absolute Gasteiger partial charge is 0.127 e. The van der Waals surface area contributed by atoms with Gasteiger partial charge in [0.1, 0.15) is 18.1 Å². The second kappa shape index (κ2) is 5.65. The molecule has 0 bridgehead atoms. The average Bonchev–Trinajstić information content (AvgIpc) is 2.89. The third-order valence-corrected chi connectivity index (χ3v) is 4.71. The van der Waals surface area contributed by atoms with Crippen molar-refractivity contribution in [2.45, 2.75) is 40.3 Å². The number of hydrogen-bond acceptors (Lipinski definition) is 3.